The Morgan fingerprint density at radius 2 is 2.10 bits per heavy atom. The molecule has 2 aliphatic heterocycles. The number of benzene rings is 1. The number of methoxy groups -OCH3 is 1. The van der Waals surface area contributed by atoms with Gasteiger partial charge in [0.05, 0.1) is 32.0 Å². The largest absolute Gasteiger partial charge is 0.473 e. The lowest BCUT2D eigenvalue weighted by atomic mass is 10.0. The van der Waals surface area contributed by atoms with Gasteiger partial charge < -0.3 is 18.8 Å². The SMILES string of the molecule is COC(=O)c1sc2nc(CN3CC=C(c4cccc(OCc5ccc(Cl)cc5F)n4)CC3)n(C[C@@H]3CCO3)c2c1F. The van der Waals surface area contributed by atoms with Gasteiger partial charge in [0.2, 0.25) is 5.88 Å². The summed E-state index contributed by atoms with van der Waals surface area (Å²) in [4.78, 5) is 24.0. The van der Waals surface area contributed by atoms with Crippen LogP contribution in [0.1, 0.15) is 39.6 Å². The second-order valence-electron chi connectivity index (χ2n) is 9.91. The van der Waals surface area contributed by atoms with Crippen LogP contribution in [0.2, 0.25) is 5.02 Å². The van der Waals surface area contributed by atoms with Crippen molar-refractivity contribution in [3.63, 3.8) is 0 Å². The molecule has 1 aromatic carbocycles. The first kappa shape index (κ1) is 27.8. The van der Waals surface area contributed by atoms with E-state index < -0.39 is 17.6 Å². The second kappa shape index (κ2) is 11.8. The fourth-order valence-electron chi connectivity index (χ4n) is 4.93. The summed E-state index contributed by atoms with van der Waals surface area (Å²) < 4.78 is 47.4. The van der Waals surface area contributed by atoms with Gasteiger partial charge in [0.25, 0.3) is 0 Å². The average Bonchev–Trinajstić information content (AvgIpc) is 3.45. The maximum Gasteiger partial charge on any atom is 0.351 e. The third kappa shape index (κ3) is 5.85. The van der Waals surface area contributed by atoms with E-state index in [4.69, 9.17) is 30.8 Å². The van der Waals surface area contributed by atoms with Crippen LogP contribution >= 0.6 is 22.9 Å². The first-order valence-electron chi connectivity index (χ1n) is 13.2. The molecule has 6 rings (SSSR count). The number of carbonyl (C=O) groups is 1. The van der Waals surface area contributed by atoms with E-state index in [9.17, 15) is 9.18 Å². The predicted octanol–water partition coefficient (Wildman–Crippen LogP) is 5.87. The molecule has 3 aromatic heterocycles. The van der Waals surface area contributed by atoms with Gasteiger partial charge >= 0.3 is 5.97 Å². The molecule has 0 bridgehead atoms. The van der Waals surface area contributed by atoms with Crippen LogP contribution in [0, 0.1) is 11.6 Å². The summed E-state index contributed by atoms with van der Waals surface area (Å²) in [5.41, 5.74) is 2.62. The summed E-state index contributed by atoms with van der Waals surface area (Å²) in [6.45, 7) is 3.15. The quantitative estimate of drug-likeness (QED) is 0.222. The zero-order valence-electron chi connectivity index (χ0n) is 22.2. The molecule has 0 radical (unpaired) electrons. The minimum Gasteiger partial charge on any atom is -0.473 e. The van der Waals surface area contributed by atoms with Crippen molar-refractivity contribution in [2.24, 2.45) is 0 Å². The van der Waals surface area contributed by atoms with Crippen molar-refractivity contribution in [1.82, 2.24) is 19.4 Å². The zero-order valence-corrected chi connectivity index (χ0v) is 23.8. The fraction of sp³-hybridized carbons (Fsp3) is 0.345. The van der Waals surface area contributed by atoms with Gasteiger partial charge in [-0.3, -0.25) is 4.90 Å². The topological polar surface area (TPSA) is 78.7 Å². The Balaban J connectivity index is 1.15. The molecule has 2 aliphatic rings. The lowest BCUT2D eigenvalue weighted by Gasteiger charge is -2.29. The van der Waals surface area contributed by atoms with Gasteiger partial charge in [-0.2, -0.15) is 0 Å². The van der Waals surface area contributed by atoms with Crippen molar-refractivity contribution >= 4 is 44.8 Å². The fourth-order valence-corrected chi connectivity index (χ4v) is 6.09. The molecule has 4 aromatic rings. The molecule has 0 saturated carbocycles. The number of rotatable bonds is 9. The number of aromatic nitrogens is 3. The molecule has 1 fully saturated rings. The highest BCUT2D eigenvalue weighted by Gasteiger charge is 2.29. The van der Waals surface area contributed by atoms with E-state index >= 15 is 4.39 Å². The molecule has 0 aliphatic carbocycles. The van der Waals surface area contributed by atoms with Crippen molar-refractivity contribution in [3.8, 4) is 5.88 Å². The maximum atomic E-state index is 15.3. The van der Waals surface area contributed by atoms with Crippen LogP contribution < -0.4 is 4.74 Å². The van der Waals surface area contributed by atoms with Crippen molar-refractivity contribution < 1.29 is 27.8 Å². The molecular formula is C29H27ClF2N4O4S. The molecule has 5 heterocycles. The Hall–Kier alpha value is -3.38. The van der Waals surface area contributed by atoms with Crippen LogP contribution in [0.4, 0.5) is 8.78 Å². The number of nitrogens with zero attached hydrogens (tertiary/aromatic N) is 4. The lowest BCUT2D eigenvalue weighted by Crippen LogP contribution is -2.34. The second-order valence-corrected chi connectivity index (χ2v) is 11.3. The van der Waals surface area contributed by atoms with E-state index in [1.165, 1.54) is 13.2 Å². The summed E-state index contributed by atoms with van der Waals surface area (Å²) in [6, 6.07) is 10.0. The number of carbonyl (C=O) groups excluding carboxylic acids is 1. The van der Waals surface area contributed by atoms with Crippen molar-refractivity contribution in [2.75, 3.05) is 26.8 Å². The minimum atomic E-state index is -0.701. The highest BCUT2D eigenvalue weighted by molar-refractivity contribution is 7.20. The minimum absolute atomic E-state index is 0.00312. The van der Waals surface area contributed by atoms with Crippen LogP contribution in [0.3, 0.4) is 0 Å². The molecule has 12 heteroatoms. The van der Waals surface area contributed by atoms with E-state index in [1.54, 1.807) is 18.2 Å². The van der Waals surface area contributed by atoms with Crippen molar-refractivity contribution in [1.29, 1.82) is 0 Å². The molecule has 214 valence electrons. The monoisotopic (exact) mass is 600 g/mol. The Morgan fingerprint density at radius 1 is 1.24 bits per heavy atom. The van der Waals surface area contributed by atoms with Crippen LogP contribution in [-0.4, -0.2) is 58.3 Å². The lowest BCUT2D eigenvalue weighted by molar-refractivity contribution is -0.0592. The van der Waals surface area contributed by atoms with E-state index in [2.05, 4.69) is 16.0 Å². The highest BCUT2D eigenvalue weighted by Crippen LogP contribution is 2.33. The number of thiophene rings is 1. The van der Waals surface area contributed by atoms with Crippen LogP contribution in [-0.2, 0) is 29.2 Å². The van der Waals surface area contributed by atoms with Gasteiger partial charge in [-0.25, -0.2) is 23.5 Å². The number of ether oxygens (including phenoxy) is 3. The van der Waals surface area contributed by atoms with Gasteiger partial charge in [-0.05, 0) is 36.6 Å². The molecule has 1 saturated heterocycles. The predicted molar refractivity (Wildman–Crippen MR) is 151 cm³/mol. The van der Waals surface area contributed by atoms with Crippen LogP contribution in [0.5, 0.6) is 5.88 Å². The number of fused-ring (bicyclic) bond motifs is 1. The van der Waals surface area contributed by atoms with Gasteiger partial charge in [-0.1, -0.05) is 29.8 Å². The molecule has 41 heavy (non-hydrogen) atoms. The number of esters is 1. The molecule has 0 N–H and O–H groups in total. The smallest absolute Gasteiger partial charge is 0.351 e. The highest BCUT2D eigenvalue weighted by atomic mass is 35.5. The normalized spacial score (nSPS) is 17.4. The third-order valence-corrected chi connectivity index (χ3v) is 8.54. The summed E-state index contributed by atoms with van der Waals surface area (Å²) >= 11 is 6.84. The van der Waals surface area contributed by atoms with E-state index in [0.717, 1.165) is 47.8 Å². The van der Waals surface area contributed by atoms with Crippen molar-refractivity contribution in [2.45, 2.75) is 38.6 Å². The van der Waals surface area contributed by atoms with E-state index in [0.29, 0.717) is 53.1 Å². The van der Waals surface area contributed by atoms with E-state index in [-0.39, 0.29) is 17.6 Å². The summed E-state index contributed by atoms with van der Waals surface area (Å²) in [7, 11) is 1.24. The molecular weight excluding hydrogens is 574 g/mol. The van der Waals surface area contributed by atoms with E-state index in [1.807, 2.05) is 16.7 Å². The van der Waals surface area contributed by atoms with Crippen molar-refractivity contribution in [3.05, 3.63) is 81.1 Å². The Morgan fingerprint density at radius 3 is 2.80 bits per heavy atom. The van der Waals surface area contributed by atoms with Gasteiger partial charge in [0.1, 0.15) is 28.6 Å². The summed E-state index contributed by atoms with van der Waals surface area (Å²) in [5, 5.41) is 0.334. The Labute approximate surface area is 244 Å². The number of imidazole rings is 1. The average molecular weight is 601 g/mol. The Kier molecular flexibility index (Phi) is 8.03. The standard InChI is InChI=1S/C29H27ClF2N4O4S/c1-38-29(37)27-25(32)26-28(41-27)34-23(36(26)14-20-9-12-39-20)15-35-10-7-17(8-11-35)22-3-2-4-24(33-22)40-16-18-5-6-19(30)13-21(18)31/h2-7,13,20H,8-12,14-16H2,1H3/t20-/m0/s1. The molecule has 8 nitrogen and oxygen atoms in total. The number of hydrogen-bond donors (Lipinski definition) is 0. The summed E-state index contributed by atoms with van der Waals surface area (Å²) in [5.74, 6) is -0.572. The number of pyridine rings is 1. The van der Waals surface area contributed by atoms with Crippen LogP contribution in [0.25, 0.3) is 15.9 Å². The van der Waals surface area contributed by atoms with Gasteiger partial charge in [0.15, 0.2) is 10.7 Å². The van der Waals surface area contributed by atoms with Crippen LogP contribution in [0.15, 0.2) is 42.5 Å². The molecule has 0 amide bonds. The Bertz CT molecular complexity index is 1630. The maximum absolute atomic E-state index is 15.3. The number of halogens is 3. The first-order valence-corrected chi connectivity index (χ1v) is 14.4. The summed E-state index contributed by atoms with van der Waals surface area (Å²) in [6.07, 6.45) is 3.77. The first-order chi connectivity index (χ1) is 19.9. The molecule has 0 spiro atoms. The molecule has 1 atom stereocenters. The number of hydrogen-bond acceptors (Lipinski definition) is 8. The molecule has 0 unspecified atom stereocenters. The third-order valence-electron chi connectivity index (χ3n) is 7.27. The zero-order chi connectivity index (χ0) is 28.5. The van der Waals surface area contributed by atoms with Gasteiger partial charge in [-0.15, -0.1) is 11.3 Å². The van der Waals surface area contributed by atoms with Gasteiger partial charge in [0, 0.05) is 36.3 Å².